The summed E-state index contributed by atoms with van der Waals surface area (Å²) in [6.45, 7) is 9.43. The summed E-state index contributed by atoms with van der Waals surface area (Å²) in [5.41, 5.74) is 2.07. The molecule has 0 amide bonds. The van der Waals surface area contributed by atoms with Crippen LogP contribution in [0.4, 0.5) is 0 Å². The molecule has 0 aliphatic carbocycles. The Labute approximate surface area is 119 Å². The quantitative estimate of drug-likeness (QED) is 0.909. The molecule has 5 nitrogen and oxygen atoms in total. The highest BCUT2D eigenvalue weighted by atomic mass is 16.5. The first kappa shape index (κ1) is 14.5. The number of nitrogens with one attached hydrogen (secondary N) is 1. The van der Waals surface area contributed by atoms with Gasteiger partial charge < -0.3 is 14.5 Å². The van der Waals surface area contributed by atoms with E-state index >= 15 is 0 Å². The highest BCUT2D eigenvalue weighted by Gasteiger charge is 2.11. The summed E-state index contributed by atoms with van der Waals surface area (Å²) < 4.78 is 10.7. The Morgan fingerprint density at radius 2 is 2.15 bits per heavy atom. The molecule has 0 aliphatic rings. The van der Waals surface area contributed by atoms with E-state index in [9.17, 15) is 0 Å². The SMILES string of the molecule is Cc1nc(OCc2ccco2)ncc1CNC(C)(C)C. The summed E-state index contributed by atoms with van der Waals surface area (Å²) in [6, 6.07) is 4.05. The zero-order valence-corrected chi connectivity index (χ0v) is 12.4. The van der Waals surface area contributed by atoms with Crippen molar-refractivity contribution in [2.75, 3.05) is 0 Å². The molecule has 20 heavy (non-hydrogen) atoms. The van der Waals surface area contributed by atoms with Gasteiger partial charge in [0.2, 0.25) is 0 Å². The standard InChI is InChI=1S/C15H21N3O2/c1-11-12(9-17-15(2,3)4)8-16-14(18-11)20-10-13-6-5-7-19-13/h5-8,17H,9-10H2,1-4H3. The highest BCUT2D eigenvalue weighted by molar-refractivity contribution is 5.18. The third-order valence-corrected chi connectivity index (χ3v) is 2.79. The first-order valence-electron chi connectivity index (χ1n) is 6.67. The van der Waals surface area contributed by atoms with E-state index < -0.39 is 0 Å². The molecule has 0 saturated carbocycles. The summed E-state index contributed by atoms with van der Waals surface area (Å²) in [6.07, 6.45) is 3.42. The summed E-state index contributed by atoms with van der Waals surface area (Å²) >= 11 is 0. The lowest BCUT2D eigenvalue weighted by Gasteiger charge is -2.20. The van der Waals surface area contributed by atoms with Gasteiger partial charge in [-0.2, -0.15) is 0 Å². The summed E-state index contributed by atoms with van der Waals surface area (Å²) in [5.74, 6) is 0.754. The van der Waals surface area contributed by atoms with Crippen LogP contribution in [0.3, 0.4) is 0 Å². The van der Waals surface area contributed by atoms with E-state index in [-0.39, 0.29) is 5.54 Å². The van der Waals surface area contributed by atoms with Crippen molar-refractivity contribution in [2.24, 2.45) is 0 Å². The largest absolute Gasteiger partial charge is 0.466 e. The van der Waals surface area contributed by atoms with Crippen LogP contribution in [-0.2, 0) is 13.2 Å². The predicted molar refractivity (Wildman–Crippen MR) is 76.4 cm³/mol. The molecule has 0 atom stereocenters. The number of hydrogen-bond donors (Lipinski definition) is 1. The molecule has 5 heteroatoms. The van der Waals surface area contributed by atoms with Gasteiger partial charge in [0.05, 0.1) is 6.26 Å². The van der Waals surface area contributed by atoms with Crippen LogP contribution in [0.5, 0.6) is 6.01 Å². The van der Waals surface area contributed by atoms with Gasteiger partial charge in [0.15, 0.2) is 0 Å². The first-order valence-corrected chi connectivity index (χ1v) is 6.67. The van der Waals surface area contributed by atoms with Crippen LogP contribution in [0.2, 0.25) is 0 Å². The minimum absolute atomic E-state index is 0.0703. The second-order valence-corrected chi connectivity index (χ2v) is 5.73. The molecule has 0 radical (unpaired) electrons. The Morgan fingerprint density at radius 3 is 2.75 bits per heavy atom. The Hall–Kier alpha value is -1.88. The fourth-order valence-electron chi connectivity index (χ4n) is 1.60. The lowest BCUT2D eigenvalue weighted by Crippen LogP contribution is -2.35. The second-order valence-electron chi connectivity index (χ2n) is 5.73. The van der Waals surface area contributed by atoms with Crippen LogP contribution >= 0.6 is 0 Å². The average molecular weight is 275 g/mol. The summed E-state index contributed by atoms with van der Waals surface area (Å²) in [7, 11) is 0. The van der Waals surface area contributed by atoms with Gasteiger partial charge in [0, 0.05) is 29.5 Å². The predicted octanol–water partition coefficient (Wildman–Crippen LogP) is 2.85. The molecule has 2 aromatic heterocycles. The van der Waals surface area contributed by atoms with Gasteiger partial charge in [-0.3, -0.25) is 0 Å². The molecule has 2 aromatic rings. The van der Waals surface area contributed by atoms with Gasteiger partial charge >= 0.3 is 6.01 Å². The van der Waals surface area contributed by atoms with Gasteiger partial charge in [0.1, 0.15) is 12.4 Å². The molecule has 0 spiro atoms. The lowest BCUT2D eigenvalue weighted by atomic mass is 10.1. The number of aryl methyl sites for hydroxylation is 1. The van der Waals surface area contributed by atoms with E-state index in [0.29, 0.717) is 12.6 Å². The number of ether oxygens (including phenoxy) is 1. The van der Waals surface area contributed by atoms with Crippen molar-refractivity contribution in [1.29, 1.82) is 0 Å². The fraction of sp³-hybridized carbons (Fsp3) is 0.467. The Bertz CT molecular complexity index is 545. The number of rotatable bonds is 5. The maximum Gasteiger partial charge on any atom is 0.317 e. The van der Waals surface area contributed by atoms with Crippen LogP contribution in [-0.4, -0.2) is 15.5 Å². The second kappa shape index (κ2) is 6.05. The van der Waals surface area contributed by atoms with Gasteiger partial charge in [-0.15, -0.1) is 0 Å². The summed E-state index contributed by atoms with van der Waals surface area (Å²) in [5, 5.41) is 3.42. The smallest absolute Gasteiger partial charge is 0.317 e. The monoisotopic (exact) mass is 275 g/mol. The molecule has 0 bridgehead atoms. The van der Waals surface area contributed by atoms with Crippen LogP contribution < -0.4 is 10.1 Å². The molecule has 0 aliphatic heterocycles. The van der Waals surface area contributed by atoms with Crippen molar-refractivity contribution in [3.63, 3.8) is 0 Å². The lowest BCUT2D eigenvalue weighted by molar-refractivity contribution is 0.249. The van der Waals surface area contributed by atoms with E-state index in [1.807, 2.05) is 19.1 Å². The molecule has 0 aromatic carbocycles. The number of aromatic nitrogens is 2. The van der Waals surface area contributed by atoms with E-state index in [1.54, 1.807) is 12.5 Å². The van der Waals surface area contributed by atoms with Gasteiger partial charge in [0.25, 0.3) is 0 Å². The zero-order valence-electron chi connectivity index (χ0n) is 12.4. The third-order valence-electron chi connectivity index (χ3n) is 2.79. The maximum atomic E-state index is 5.50. The van der Waals surface area contributed by atoms with Crippen LogP contribution in [0.1, 0.15) is 37.8 Å². The maximum absolute atomic E-state index is 5.50. The Balaban J connectivity index is 1.95. The number of nitrogens with zero attached hydrogens (tertiary/aromatic N) is 2. The zero-order chi connectivity index (χ0) is 14.6. The normalized spacial score (nSPS) is 11.6. The van der Waals surface area contributed by atoms with Crippen molar-refractivity contribution in [1.82, 2.24) is 15.3 Å². The molecule has 2 heterocycles. The van der Waals surface area contributed by atoms with Gasteiger partial charge in [-0.25, -0.2) is 9.97 Å². The Kier molecular flexibility index (Phi) is 4.39. The van der Waals surface area contributed by atoms with Crippen molar-refractivity contribution >= 4 is 0 Å². The molecule has 0 unspecified atom stereocenters. The summed E-state index contributed by atoms with van der Waals surface area (Å²) in [4.78, 5) is 8.58. The average Bonchev–Trinajstić information content (AvgIpc) is 2.87. The molecule has 0 fully saturated rings. The van der Waals surface area contributed by atoms with E-state index in [4.69, 9.17) is 9.15 Å². The van der Waals surface area contributed by atoms with Gasteiger partial charge in [-0.05, 0) is 39.8 Å². The molecule has 2 rings (SSSR count). The fourth-order valence-corrected chi connectivity index (χ4v) is 1.60. The molecule has 1 N–H and O–H groups in total. The van der Waals surface area contributed by atoms with Crippen molar-refractivity contribution in [3.05, 3.63) is 41.6 Å². The van der Waals surface area contributed by atoms with Crippen LogP contribution in [0.15, 0.2) is 29.0 Å². The van der Waals surface area contributed by atoms with E-state index in [0.717, 1.165) is 23.6 Å². The molecule has 108 valence electrons. The van der Waals surface area contributed by atoms with Crippen molar-refractivity contribution in [3.8, 4) is 6.01 Å². The van der Waals surface area contributed by atoms with Gasteiger partial charge in [-0.1, -0.05) is 0 Å². The molecule has 0 saturated heterocycles. The third kappa shape index (κ3) is 4.35. The van der Waals surface area contributed by atoms with Crippen LogP contribution in [0.25, 0.3) is 0 Å². The van der Waals surface area contributed by atoms with Crippen LogP contribution in [0, 0.1) is 6.92 Å². The van der Waals surface area contributed by atoms with E-state index in [1.165, 1.54) is 0 Å². The Morgan fingerprint density at radius 1 is 1.35 bits per heavy atom. The van der Waals surface area contributed by atoms with Crippen molar-refractivity contribution in [2.45, 2.75) is 46.4 Å². The molecular formula is C15H21N3O2. The number of furan rings is 1. The number of hydrogen-bond acceptors (Lipinski definition) is 5. The molecular weight excluding hydrogens is 254 g/mol. The minimum Gasteiger partial charge on any atom is -0.466 e. The topological polar surface area (TPSA) is 60.2 Å². The van der Waals surface area contributed by atoms with Crippen molar-refractivity contribution < 1.29 is 9.15 Å². The van der Waals surface area contributed by atoms with E-state index in [2.05, 4.69) is 36.1 Å². The highest BCUT2D eigenvalue weighted by Crippen LogP contribution is 2.12. The first-order chi connectivity index (χ1) is 9.44. The minimum atomic E-state index is 0.0703.